The predicted octanol–water partition coefficient (Wildman–Crippen LogP) is 3.96. The summed E-state index contributed by atoms with van der Waals surface area (Å²) in [5, 5.41) is 5.65. The molecule has 0 unspecified atom stereocenters. The Morgan fingerprint density at radius 1 is 1.00 bits per heavy atom. The number of anilines is 2. The molecule has 0 aliphatic carbocycles. The second-order valence-electron chi connectivity index (χ2n) is 7.11. The van der Waals surface area contributed by atoms with Crippen molar-refractivity contribution in [2.45, 2.75) is 39.0 Å². The van der Waals surface area contributed by atoms with Gasteiger partial charge in [0.25, 0.3) is 10.0 Å². The topological polar surface area (TPSA) is 87.3 Å². The average molecular weight is 420 g/mol. The molecule has 1 amide bonds. The number of benzene rings is 2. The molecule has 28 heavy (non-hydrogen) atoms. The lowest BCUT2D eigenvalue weighted by molar-refractivity contribution is -0.120. The lowest BCUT2D eigenvalue weighted by atomic mass is 10.1. The fourth-order valence-corrected chi connectivity index (χ4v) is 3.95. The van der Waals surface area contributed by atoms with Gasteiger partial charge >= 0.3 is 0 Å². The molecule has 3 N–H and O–H groups in total. The number of thiocarbonyl (C=S) groups is 1. The molecule has 2 rings (SSSR count). The normalized spacial score (nSPS) is 11.2. The van der Waals surface area contributed by atoms with Crippen molar-refractivity contribution in [3.05, 3.63) is 53.6 Å². The van der Waals surface area contributed by atoms with Crippen molar-refractivity contribution in [3.8, 4) is 0 Å². The van der Waals surface area contributed by atoms with E-state index in [4.69, 9.17) is 12.2 Å². The van der Waals surface area contributed by atoms with Gasteiger partial charge in [0.15, 0.2) is 5.11 Å². The SMILES string of the molecule is Cc1cc(C)cc(NS(=O)(=O)c2ccc(NC(=S)NC(=O)CC(C)C)cc2)c1. The van der Waals surface area contributed by atoms with Gasteiger partial charge in [0.1, 0.15) is 0 Å². The van der Waals surface area contributed by atoms with Crippen molar-refractivity contribution in [1.29, 1.82) is 0 Å². The van der Waals surface area contributed by atoms with Crippen molar-refractivity contribution in [2.24, 2.45) is 5.92 Å². The van der Waals surface area contributed by atoms with Crippen LogP contribution in [-0.4, -0.2) is 19.4 Å². The number of carbonyl (C=O) groups is 1. The van der Waals surface area contributed by atoms with Crippen LogP contribution in [-0.2, 0) is 14.8 Å². The standard InChI is InChI=1S/C20H25N3O3S2/c1-13(2)9-19(24)22-20(27)21-16-5-7-18(8-6-16)28(25,26)23-17-11-14(3)10-15(4)12-17/h5-8,10-13,23H,9H2,1-4H3,(H2,21,22,24,27). The maximum absolute atomic E-state index is 12.6. The summed E-state index contributed by atoms with van der Waals surface area (Å²) >= 11 is 5.11. The summed E-state index contributed by atoms with van der Waals surface area (Å²) in [6.07, 6.45) is 0.378. The summed E-state index contributed by atoms with van der Waals surface area (Å²) in [4.78, 5) is 11.9. The van der Waals surface area contributed by atoms with E-state index in [2.05, 4.69) is 15.4 Å². The summed E-state index contributed by atoms with van der Waals surface area (Å²) in [5.74, 6) is 0.0707. The van der Waals surface area contributed by atoms with Gasteiger partial charge in [0.2, 0.25) is 5.91 Å². The molecule has 2 aromatic rings. The minimum Gasteiger partial charge on any atom is -0.332 e. The molecule has 0 heterocycles. The Labute approximate surface area is 171 Å². The number of sulfonamides is 1. The van der Waals surface area contributed by atoms with Crippen molar-refractivity contribution < 1.29 is 13.2 Å². The molecule has 8 heteroatoms. The van der Waals surface area contributed by atoms with Gasteiger partial charge in [-0.25, -0.2) is 8.42 Å². The van der Waals surface area contributed by atoms with Gasteiger partial charge in [0.05, 0.1) is 4.90 Å². The maximum atomic E-state index is 12.6. The number of rotatable bonds is 6. The van der Waals surface area contributed by atoms with Crippen molar-refractivity contribution >= 4 is 44.6 Å². The Morgan fingerprint density at radius 2 is 1.57 bits per heavy atom. The van der Waals surface area contributed by atoms with Crippen LogP contribution >= 0.6 is 12.2 Å². The zero-order chi connectivity index (χ0) is 20.9. The van der Waals surface area contributed by atoms with E-state index in [-0.39, 0.29) is 21.8 Å². The summed E-state index contributed by atoms with van der Waals surface area (Å²) < 4.78 is 27.8. The molecular formula is C20H25N3O3S2. The number of hydrogen-bond acceptors (Lipinski definition) is 4. The quantitative estimate of drug-likeness (QED) is 0.617. The monoisotopic (exact) mass is 419 g/mol. The van der Waals surface area contributed by atoms with Gasteiger partial charge < -0.3 is 10.6 Å². The molecule has 6 nitrogen and oxygen atoms in total. The molecule has 0 fully saturated rings. The number of nitrogens with one attached hydrogen (secondary N) is 3. The summed E-state index contributed by atoms with van der Waals surface area (Å²) in [5.41, 5.74) is 3.06. The molecule has 150 valence electrons. The van der Waals surface area contributed by atoms with Crippen LogP contribution in [0, 0.1) is 19.8 Å². The largest absolute Gasteiger partial charge is 0.332 e. The zero-order valence-corrected chi connectivity index (χ0v) is 18.0. The first kappa shape index (κ1) is 21.8. The van der Waals surface area contributed by atoms with E-state index >= 15 is 0 Å². The lowest BCUT2D eigenvalue weighted by Crippen LogP contribution is -2.34. The van der Waals surface area contributed by atoms with Gasteiger partial charge in [0, 0.05) is 17.8 Å². The first-order valence-corrected chi connectivity index (χ1v) is 10.8. The smallest absolute Gasteiger partial charge is 0.261 e. The van der Waals surface area contributed by atoms with Gasteiger partial charge in [-0.1, -0.05) is 19.9 Å². The Balaban J connectivity index is 2.04. The van der Waals surface area contributed by atoms with Gasteiger partial charge in [-0.3, -0.25) is 9.52 Å². The Morgan fingerprint density at radius 3 is 2.11 bits per heavy atom. The second kappa shape index (κ2) is 9.16. The second-order valence-corrected chi connectivity index (χ2v) is 9.20. The highest BCUT2D eigenvalue weighted by atomic mass is 32.2. The van der Waals surface area contributed by atoms with Gasteiger partial charge in [-0.05, 0) is 79.5 Å². The zero-order valence-electron chi connectivity index (χ0n) is 16.4. The molecule has 0 aliphatic rings. The highest BCUT2D eigenvalue weighted by Crippen LogP contribution is 2.20. The van der Waals surface area contributed by atoms with Crippen LogP contribution in [0.25, 0.3) is 0 Å². The fraction of sp³-hybridized carbons (Fsp3) is 0.300. The van der Waals surface area contributed by atoms with Gasteiger partial charge in [-0.15, -0.1) is 0 Å². The van der Waals surface area contributed by atoms with E-state index in [9.17, 15) is 13.2 Å². The number of carbonyl (C=O) groups excluding carboxylic acids is 1. The first-order chi connectivity index (χ1) is 13.0. The molecule has 0 atom stereocenters. The highest BCUT2D eigenvalue weighted by Gasteiger charge is 2.15. The average Bonchev–Trinajstić information content (AvgIpc) is 2.52. The van der Waals surface area contributed by atoms with Crippen LogP contribution in [0.5, 0.6) is 0 Å². The Bertz CT molecular complexity index is 948. The highest BCUT2D eigenvalue weighted by molar-refractivity contribution is 7.92. The molecule has 0 radical (unpaired) electrons. The van der Waals surface area contributed by atoms with E-state index in [1.807, 2.05) is 33.8 Å². The third-order valence-corrected chi connectivity index (χ3v) is 5.34. The van der Waals surface area contributed by atoms with E-state index in [1.54, 1.807) is 24.3 Å². The fourth-order valence-electron chi connectivity index (χ4n) is 2.68. The predicted molar refractivity (Wildman–Crippen MR) is 117 cm³/mol. The summed E-state index contributed by atoms with van der Waals surface area (Å²) in [6, 6.07) is 11.7. The first-order valence-electron chi connectivity index (χ1n) is 8.87. The van der Waals surface area contributed by atoms with Crippen LogP contribution < -0.4 is 15.4 Å². The summed E-state index contributed by atoms with van der Waals surface area (Å²) in [6.45, 7) is 7.71. The van der Waals surface area contributed by atoms with Crippen molar-refractivity contribution in [1.82, 2.24) is 5.32 Å². The van der Waals surface area contributed by atoms with Crippen LogP contribution in [0.4, 0.5) is 11.4 Å². The third-order valence-electron chi connectivity index (χ3n) is 3.74. The number of amides is 1. The van der Waals surface area contributed by atoms with Crippen molar-refractivity contribution in [2.75, 3.05) is 10.0 Å². The molecule has 0 saturated heterocycles. The maximum Gasteiger partial charge on any atom is 0.261 e. The van der Waals surface area contributed by atoms with Crippen LogP contribution in [0.2, 0.25) is 0 Å². The third kappa shape index (κ3) is 6.61. The van der Waals surface area contributed by atoms with Gasteiger partial charge in [-0.2, -0.15) is 0 Å². The molecule has 0 bridgehead atoms. The van der Waals surface area contributed by atoms with E-state index in [0.29, 0.717) is 17.8 Å². The molecule has 0 spiro atoms. The molecular weight excluding hydrogens is 394 g/mol. The van der Waals surface area contributed by atoms with E-state index in [0.717, 1.165) is 11.1 Å². The summed E-state index contributed by atoms with van der Waals surface area (Å²) in [7, 11) is -3.70. The minimum absolute atomic E-state index is 0.131. The van der Waals surface area contributed by atoms with E-state index < -0.39 is 10.0 Å². The Kier molecular flexibility index (Phi) is 7.15. The van der Waals surface area contributed by atoms with Crippen molar-refractivity contribution in [3.63, 3.8) is 0 Å². The minimum atomic E-state index is -3.70. The molecule has 0 saturated carbocycles. The van der Waals surface area contributed by atoms with Crippen LogP contribution in [0.1, 0.15) is 31.4 Å². The molecule has 0 aliphatic heterocycles. The number of hydrogen-bond donors (Lipinski definition) is 3. The van der Waals surface area contributed by atoms with E-state index in [1.165, 1.54) is 12.1 Å². The Hall–Kier alpha value is -2.45. The molecule has 0 aromatic heterocycles. The van der Waals surface area contributed by atoms with Crippen LogP contribution in [0.15, 0.2) is 47.4 Å². The molecule has 2 aromatic carbocycles. The number of aryl methyl sites for hydroxylation is 2. The van der Waals surface area contributed by atoms with Crippen LogP contribution in [0.3, 0.4) is 0 Å². The lowest BCUT2D eigenvalue weighted by Gasteiger charge is -2.12.